The molecule has 0 atom stereocenters. The molecule has 1 saturated heterocycles. The Morgan fingerprint density at radius 3 is 2.61 bits per heavy atom. The molecule has 1 fully saturated rings. The highest BCUT2D eigenvalue weighted by Crippen LogP contribution is 2.28. The summed E-state index contributed by atoms with van der Waals surface area (Å²) in [6, 6.07) is 11.8. The molecule has 0 aliphatic carbocycles. The monoisotopic (exact) mass is 464 g/mol. The number of fused-ring (bicyclic) bond motifs is 1. The van der Waals surface area contributed by atoms with Gasteiger partial charge >= 0.3 is 0 Å². The number of aliphatic imine (C=N–C) groups is 1. The molecule has 9 heteroatoms. The molecule has 3 aromatic rings. The Morgan fingerprint density at radius 2 is 1.82 bits per heavy atom. The summed E-state index contributed by atoms with van der Waals surface area (Å²) in [7, 11) is 0. The molecule has 1 aromatic heterocycles. The lowest BCUT2D eigenvalue weighted by Crippen LogP contribution is -2.49. The molecule has 2 aromatic carbocycles. The second-order valence-electron chi connectivity index (χ2n) is 7.99. The molecule has 2 aliphatic rings. The Labute approximate surface area is 196 Å². The fourth-order valence-electron chi connectivity index (χ4n) is 4.15. The number of nitrogens with zero attached hydrogens (tertiary/aromatic N) is 6. The third kappa shape index (κ3) is 4.52. The van der Waals surface area contributed by atoms with Crippen molar-refractivity contribution < 1.29 is 9.18 Å². The molecule has 0 spiro atoms. The number of hydrogen-bond donors (Lipinski definition) is 0. The first-order valence-electron chi connectivity index (χ1n) is 10.7. The summed E-state index contributed by atoms with van der Waals surface area (Å²) in [5, 5.41) is 0.579. The molecule has 0 bridgehead atoms. The van der Waals surface area contributed by atoms with Gasteiger partial charge in [0.25, 0.3) is 5.91 Å². The summed E-state index contributed by atoms with van der Waals surface area (Å²) in [6.45, 7) is 3.44. The minimum absolute atomic E-state index is 0.0271. The second-order valence-corrected chi connectivity index (χ2v) is 8.40. The van der Waals surface area contributed by atoms with Crippen molar-refractivity contribution in [2.45, 2.75) is 6.54 Å². The second kappa shape index (κ2) is 9.15. The average molecular weight is 465 g/mol. The van der Waals surface area contributed by atoms with Gasteiger partial charge < -0.3 is 14.7 Å². The molecule has 3 heterocycles. The lowest BCUT2D eigenvalue weighted by molar-refractivity contribution is 0.0746. The van der Waals surface area contributed by atoms with E-state index >= 15 is 0 Å². The molecule has 0 N–H and O–H groups in total. The number of hydrogen-bond acceptors (Lipinski definition) is 6. The summed E-state index contributed by atoms with van der Waals surface area (Å²) in [6.07, 6.45) is 5.12. The fraction of sp³-hybridized carbons (Fsp3) is 0.250. The van der Waals surface area contributed by atoms with Crippen molar-refractivity contribution in [3.05, 3.63) is 82.4 Å². The van der Waals surface area contributed by atoms with Gasteiger partial charge in [-0.25, -0.2) is 14.4 Å². The summed E-state index contributed by atoms with van der Waals surface area (Å²) in [5.74, 6) is 0.356. The van der Waals surface area contributed by atoms with E-state index in [2.05, 4.69) is 19.9 Å². The van der Waals surface area contributed by atoms with Crippen molar-refractivity contribution in [2.24, 2.45) is 4.99 Å². The number of amides is 1. The van der Waals surface area contributed by atoms with E-state index in [0.717, 1.165) is 16.8 Å². The maximum atomic E-state index is 13.6. The van der Waals surface area contributed by atoms with E-state index < -0.39 is 0 Å². The predicted octanol–water partition coefficient (Wildman–Crippen LogP) is 3.63. The van der Waals surface area contributed by atoms with Crippen LogP contribution in [0.15, 0.2) is 59.9 Å². The minimum Gasteiger partial charge on any atom is -0.347 e. The minimum atomic E-state index is -0.299. The molecule has 5 rings (SSSR count). The van der Waals surface area contributed by atoms with E-state index in [-0.39, 0.29) is 11.7 Å². The summed E-state index contributed by atoms with van der Waals surface area (Å²) in [5.41, 5.74) is 3.04. The van der Waals surface area contributed by atoms with Crippen molar-refractivity contribution in [1.82, 2.24) is 14.9 Å². The zero-order valence-corrected chi connectivity index (χ0v) is 18.6. The van der Waals surface area contributed by atoms with E-state index in [1.807, 2.05) is 15.9 Å². The van der Waals surface area contributed by atoms with E-state index in [4.69, 9.17) is 11.6 Å². The highest BCUT2D eigenvalue weighted by atomic mass is 35.5. The SMILES string of the molecule is O=C(c1ccc(Cl)c(CN2CN=Cc3cc(F)ccc32)c1)N1CCN(c2ncccn2)CC1. The number of piperazine rings is 1. The number of benzene rings is 2. The van der Waals surface area contributed by atoms with Crippen LogP contribution in [-0.2, 0) is 6.54 Å². The number of carbonyl (C=O) groups excluding carboxylic acids is 1. The maximum absolute atomic E-state index is 13.6. The smallest absolute Gasteiger partial charge is 0.253 e. The molecule has 0 saturated carbocycles. The van der Waals surface area contributed by atoms with Gasteiger partial charge in [-0.15, -0.1) is 0 Å². The zero-order chi connectivity index (χ0) is 22.8. The van der Waals surface area contributed by atoms with Crippen LogP contribution in [0.2, 0.25) is 5.02 Å². The van der Waals surface area contributed by atoms with Gasteiger partial charge in [-0.1, -0.05) is 11.6 Å². The third-order valence-corrected chi connectivity index (χ3v) is 6.24. The number of carbonyl (C=O) groups is 1. The molecular formula is C24H22ClFN6O. The molecular weight excluding hydrogens is 443 g/mol. The van der Waals surface area contributed by atoms with Crippen molar-refractivity contribution >= 4 is 35.4 Å². The number of aromatic nitrogens is 2. The predicted molar refractivity (Wildman–Crippen MR) is 127 cm³/mol. The van der Waals surface area contributed by atoms with Crippen LogP contribution in [0.4, 0.5) is 16.0 Å². The van der Waals surface area contributed by atoms with Crippen LogP contribution >= 0.6 is 11.6 Å². The van der Waals surface area contributed by atoms with Crippen molar-refractivity contribution in [3.8, 4) is 0 Å². The van der Waals surface area contributed by atoms with E-state index in [9.17, 15) is 9.18 Å². The Bertz CT molecular complexity index is 1200. The molecule has 33 heavy (non-hydrogen) atoms. The fourth-order valence-corrected chi connectivity index (χ4v) is 4.32. The van der Waals surface area contributed by atoms with Gasteiger partial charge in [-0.3, -0.25) is 9.79 Å². The van der Waals surface area contributed by atoms with Gasteiger partial charge in [0.1, 0.15) is 12.5 Å². The highest BCUT2D eigenvalue weighted by molar-refractivity contribution is 6.31. The largest absolute Gasteiger partial charge is 0.347 e. The van der Waals surface area contributed by atoms with Gasteiger partial charge in [0.15, 0.2) is 0 Å². The van der Waals surface area contributed by atoms with Crippen LogP contribution < -0.4 is 9.80 Å². The molecule has 7 nitrogen and oxygen atoms in total. The summed E-state index contributed by atoms with van der Waals surface area (Å²) < 4.78 is 13.6. The summed E-state index contributed by atoms with van der Waals surface area (Å²) in [4.78, 5) is 32.0. The quantitative estimate of drug-likeness (QED) is 0.590. The molecule has 2 aliphatic heterocycles. The normalized spacial score (nSPS) is 15.5. The van der Waals surface area contributed by atoms with Crippen molar-refractivity contribution in [3.63, 3.8) is 0 Å². The van der Waals surface area contributed by atoms with E-state index in [1.165, 1.54) is 12.1 Å². The number of anilines is 2. The van der Waals surface area contributed by atoms with Gasteiger partial charge in [-0.2, -0.15) is 0 Å². The average Bonchev–Trinajstić information content (AvgIpc) is 2.85. The topological polar surface area (TPSA) is 64.9 Å². The Balaban J connectivity index is 1.29. The molecule has 1 amide bonds. The van der Waals surface area contributed by atoms with E-state index in [1.54, 1.807) is 42.9 Å². The van der Waals surface area contributed by atoms with Gasteiger partial charge in [0.05, 0.1) is 0 Å². The maximum Gasteiger partial charge on any atom is 0.253 e. The molecule has 168 valence electrons. The van der Waals surface area contributed by atoms with E-state index in [0.29, 0.717) is 55.9 Å². The molecule has 0 radical (unpaired) electrons. The van der Waals surface area contributed by atoms with Crippen molar-refractivity contribution in [2.75, 3.05) is 42.6 Å². The van der Waals surface area contributed by atoms with Crippen LogP contribution in [-0.4, -0.2) is 59.8 Å². The Kier molecular flexibility index (Phi) is 5.92. The molecule has 0 unspecified atom stereocenters. The van der Waals surface area contributed by atoms with Crippen LogP contribution in [0.25, 0.3) is 0 Å². The van der Waals surface area contributed by atoms with Crippen molar-refractivity contribution in [1.29, 1.82) is 0 Å². The van der Waals surface area contributed by atoms with Gasteiger partial charge in [-0.05, 0) is 48.0 Å². The Morgan fingerprint density at radius 1 is 1.03 bits per heavy atom. The van der Waals surface area contributed by atoms with Gasteiger partial charge in [0, 0.05) is 73.2 Å². The van der Waals surface area contributed by atoms with Crippen LogP contribution in [0.5, 0.6) is 0 Å². The van der Waals surface area contributed by atoms with Crippen LogP contribution in [0.3, 0.4) is 0 Å². The van der Waals surface area contributed by atoms with Crippen LogP contribution in [0.1, 0.15) is 21.5 Å². The lowest BCUT2D eigenvalue weighted by atomic mass is 10.1. The first-order valence-corrected chi connectivity index (χ1v) is 11.1. The first kappa shape index (κ1) is 21.3. The van der Waals surface area contributed by atoms with Gasteiger partial charge in [0.2, 0.25) is 5.95 Å². The standard InChI is InChI=1S/C24H22ClFN6O/c25-21-4-2-17(23(33)30-8-10-31(11-9-30)24-28-6-1-7-29-24)12-19(21)15-32-16-27-14-18-13-20(26)3-5-22(18)32/h1-7,12-14H,8-11,15-16H2. The Hall–Kier alpha value is -3.52. The highest BCUT2D eigenvalue weighted by Gasteiger charge is 2.24. The first-order chi connectivity index (χ1) is 16.1. The lowest BCUT2D eigenvalue weighted by Gasteiger charge is -2.34. The zero-order valence-electron chi connectivity index (χ0n) is 17.9. The number of rotatable bonds is 4. The third-order valence-electron chi connectivity index (χ3n) is 5.87. The number of halogens is 2. The summed E-state index contributed by atoms with van der Waals surface area (Å²) >= 11 is 6.47. The van der Waals surface area contributed by atoms with Crippen LogP contribution in [0, 0.1) is 5.82 Å².